The molecule has 1 atom stereocenters. The molecule has 0 saturated carbocycles. The molecule has 0 heterocycles. The fourth-order valence-corrected chi connectivity index (χ4v) is 1.77. The minimum atomic E-state index is -0.618. The van der Waals surface area contributed by atoms with Crippen LogP contribution in [0.5, 0.6) is 0 Å². The van der Waals surface area contributed by atoms with Gasteiger partial charge in [0.05, 0.1) is 20.3 Å². The van der Waals surface area contributed by atoms with Crippen LogP contribution in [0.3, 0.4) is 0 Å². The normalized spacial score (nSPS) is 14.2. The SMILES string of the molecule is CCNC(C)(CCCOCCOCC)C(=O)OC. The third-order valence-corrected chi connectivity index (χ3v) is 2.74. The van der Waals surface area contributed by atoms with Crippen molar-refractivity contribution in [1.29, 1.82) is 0 Å². The molecular weight excluding hydrogens is 234 g/mol. The van der Waals surface area contributed by atoms with Crippen LogP contribution in [-0.2, 0) is 19.0 Å². The van der Waals surface area contributed by atoms with Crippen LogP contribution in [0, 0.1) is 0 Å². The van der Waals surface area contributed by atoms with Gasteiger partial charge in [-0.1, -0.05) is 6.92 Å². The Kier molecular flexibility index (Phi) is 9.92. The van der Waals surface area contributed by atoms with Crippen molar-refractivity contribution in [2.45, 2.75) is 39.2 Å². The van der Waals surface area contributed by atoms with Gasteiger partial charge in [0, 0.05) is 13.2 Å². The number of likely N-dealkylation sites (N-methyl/N-ethyl adjacent to an activating group) is 1. The van der Waals surface area contributed by atoms with E-state index in [4.69, 9.17) is 14.2 Å². The summed E-state index contributed by atoms with van der Waals surface area (Å²) in [7, 11) is 1.41. The Balaban J connectivity index is 3.80. The molecule has 0 amide bonds. The minimum Gasteiger partial charge on any atom is -0.468 e. The second kappa shape index (κ2) is 10.3. The van der Waals surface area contributed by atoms with Crippen LogP contribution in [0.2, 0.25) is 0 Å². The lowest BCUT2D eigenvalue weighted by Gasteiger charge is -2.27. The van der Waals surface area contributed by atoms with E-state index in [0.717, 1.165) is 13.0 Å². The Morgan fingerprint density at radius 2 is 1.83 bits per heavy atom. The second-order valence-electron chi connectivity index (χ2n) is 4.27. The van der Waals surface area contributed by atoms with Crippen LogP contribution in [-0.4, -0.2) is 51.6 Å². The number of methoxy groups -OCH3 is 1. The topological polar surface area (TPSA) is 56.8 Å². The molecule has 108 valence electrons. The van der Waals surface area contributed by atoms with Gasteiger partial charge in [0.2, 0.25) is 0 Å². The second-order valence-corrected chi connectivity index (χ2v) is 4.27. The van der Waals surface area contributed by atoms with Gasteiger partial charge in [0.25, 0.3) is 0 Å². The molecule has 1 unspecified atom stereocenters. The number of hydrogen-bond donors (Lipinski definition) is 1. The van der Waals surface area contributed by atoms with Gasteiger partial charge in [-0.3, -0.25) is 4.79 Å². The Bertz CT molecular complexity index is 223. The summed E-state index contributed by atoms with van der Waals surface area (Å²) in [4.78, 5) is 11.7. The first kappa shape index (κ1) is 17.4. The van der Waals surface area contributed by atoms with Gasteiger partial charge in [0.1, 0.15) is 5.54 Å². The van der Waals surface area contributed by atoms with Crippen LogP contribution in [0.1, 0.15) is 33.6 Å². The molecule has 0 rings (SSSR count). The lowest BCUT2D eigenvalue weighted by Crippen LogP contribution is -2.50. The van der Waals surface area contributed by atoms with Crippen LogP contribution in [0.15, 0.2) is 0 Å². The zero-order chi connectivity index (χ0) is 13.9. The maximum Gasteiger partial charge on any atom is 0.325 e. The molecule has 0 radical (unpaired) electrons. The summed E-state index contributed by atoms with van der Waals surface area (Å²) in [5, 5.41) is 3.17. The van der Waals surface area contributed by atoms with Gasteiger partial charge in [-0.2, -0.15) is 0 Å². The molecule has 0 aliphatic rings. The van der Waals surface area contributed by atoms with Crippen molar-refractivity contribution in [3.8, 4) is 0 Å². The number of rotatable bonds is 11. The Labute approximate surface area is 110 Å². The number of nitrogens with one attached hydrogen (secondary N) is 1. The molecule has 0 aromatic heterocycles. The van der Waals surface area contributed by atoms with Crippen molar-refractivity contribution < 1.29 is 19.0 Å². The summed E-state index contributed by atoms with van der Waals surface area (Å²) < 4.78 is 15.4. The number of ether oxygens (including phenoxy) is 3. The van der Waals surface area contributed by atoms with Crippen LogP contribution in [0.4, 0.5) is 0 Å². The highest BCUT2D eigenvalue weighted by molar-refractivity contribution is 5.80. The van der Waals surface area contributed by atoms with E-state index in [0.29, 0.717) is 32.8 Å². The van der Waals surface area contributed by atoms with E-state index in [1.807, 2.05) is 20.8 Å². The van der Waals surface area contributed by atoms with Crippen molar-refractivity contribution >= 4 is 5.97 Å². The van der Waals surface area contributed by atoms with Gasteiger partial charge in [-0.15, -0.1) is 0 Å². The maximum absolute atomic E-state index is 11.7. The predicted molar refractivity (Wildman–Crippen MR) is 70.6 cm³/mol. The first-order valence-corrected chi connectivity index (χ1v) is 6.59. The van der Waals surface area contributed by atoms with E-state index in [-0.39, 0.29) is 5.97 Å². The lowest BCUT2D eigenvalue weighted by molar-refractivity contribution is -0.148. The van der Waals surface area contributed by atoms with Gasteiger partial charge in [-0.05, 0) is 33.2 Å². The number of esters is 1. The molecule has 0 fully saturated rings. The predicted octanol–water partition coefficient (Wildman–Crippen LogP) is 1.36. The fourth-order valence-electron chi connectivity index (χ4n) is 1.77. The summed E-state index contributed by atoms with van der Waals surface area (Å²) in [6.45, 7) is 9.09. The van der Waals surface area contributed by atoms with Crippen LogP contribution >= 0.6 is 0 Å². The van der Waals surface area contributed by atoms with E-state index in [1.165, 1.54) is 7.11 Å². The molecule has 18 heavy (non-hydrogen) atoms. The smallest absolute Gasteiger partial charge is 0.325 e. The molecule has 0 aliphatic heterocycles. The summed E-state index contributed by atoms with van der Waals surface area (Å²) in [5.74, 6) is -0.223. The molecular formula is C13H27NO4. The molecule has 5 heteroatoms. The van der Waals surface area contributed by atoms with Crippen LogP contribution in [0.25, 0.3) is 0 Å². The minimum absolute atomic E-state index is 0.223. The van der Waals surface area contributed by atoms with E-state index >= 15 is 0 Å². The first-order chi connectivity index (χ1) is 8.60. The first-order valence-electron chi connectivity index (χ1n) is 6.59. The lowest BCUT2D eigenvalue weighted by atomic mass is 9.96. The summed E-state index contributed by atoms with van der Waals surface area (Å²) in [6, 6.07) is 0. The van der Waals surface area contributed by atoms with Crippen molar-refractivity contribution in [2.75, 3.05) is 40.1 Å². The van der Waals surface area contributed by atoms with Gasteiger partial charge < -0.3 is 19.5 Å². The molecule has 1 N–H and O–H groups in total. The summed E-state index contributed by atoms with van der Waals surface area (Å²) in [5.41, 5.74) is -0.618. The average molecular weight is 261 g/mol. The monoisotopic (exact) mass is 261 g/mol. The maximum atomic E-state index is 11.7. The van der Waals surface area contributed by atoms with Crippen molar-refractivity contribution in [1.82, 2.24) is 5.32 Å². The van der Waals surface area contributed by atoms with Crippen molar-refractivity contribution in [2.24, 2.45) is 0 Å². The fraction of sp³-hybridized carbons (Fsp3) is 0.923. The quantitative estimate of drug-likeness (QED) is 0.449. The van der Waals surface area contributed by atoms with Crippen molar-refractivity contribution in [3.63, 3.8) is 0 Å². The number of carbonyl (C=O) groups excluding carboxylic acids is 1. The zero-order valence-electron chi connectivity index (χ0n) is 12.1. The third-order valence-electron chi connectivity index (χ3n) is 2.74. The average Bonchev–Trinajstić information content (AvgIpc) is 2.37. The summed E-state index contributed by atoms with van der Waals surface area (Å²) in [6.07, 6.45) is 1.51. The number of carbonyl (C=O) groups is 1. The molecule has 0 spiro atoms. The van der Waals surface area contributed by atoms with E-state index in [1.54, 1.807) is 0 Å². The largest absolute Gasteiger partial charge is 0.468 e. The van der Waals surface area contributed by atoms with Gasteiger partial charge in [-0.25, -0.2) is 0 Å². The molecule has 0 aromatic rings. The molecule has 0 saturated heterocycles. The van der Waals surface area contributed by atoms with E-state index < -0.39 is 5.54 Å². The zero-order valence-corrected chi connectivity index (χ0v) is 12.1. The molecule has 0 aliphatic carbocycles. The Morgan fingerprint density at radius 3 is 2.39 bits per heavy atom. The molecule has 5 nitrogen and oxygen atoms in total. The highest BCUT2D eigenvalue weighted by Crippen LogP contribution is 2.14. The number of hydrogen-bond acceptors (Lipinski definition) is 5. The van der Waals surface area contributed by atoms with E-state index in [2.05, 4.69) is 5.32 Å². The molecule has 0 bridgehead atoms. The van der Waals surface area contributed by atoms with Crippen LogP contribution < -0.4 is 5.32 Å². The highest BCUT2D eigenvalue weighted by atomic mass is 16.5. The van der Waals surface area contributed by atoms with Crippen molar-refractivity contribution in [3.05, 3.63) is 0 Å². The van der Waals surface area contributed by atoms with Gasteiger partial charge >= 0.3 is 5.97 Å². The Morgan fingerprint density at radius 1 is 1.17 bits per heavy atom. The van der Waals surface area contributed by atoms with Gasteiger partial charge in [0.15, 0.2) is 0 Å². The summed E-state index contributed by atoms with van der Waals surface area (Å²) >= 11 is 0. The standard InChI is InChI=1S/C13H27NO4/c1-5-14-13(3,12(15)16-4)8-7-9-18-11-10-17-6-2/h14H,5-11H2,1-4H3. The third kappa shape index (κ3) is 6.93. The Hall–Kier alpha value is -0.650. The highest BCUT2D eigenvalue weighted by Gasteiger charge is 2.32. The van der Waals surface area contributed by atoms with E-state index in [9.17, 15) is 4.79 Å². The molecule has 0 aromatic carbocycles.